The van der Waals surface area contributed by atoms with Gasteiger partial charge in [-0.2, -0.15) is 0 Å². The van der Waals surface area contributed by atoms with Crippen LogP contribution in [0.2, 0.25) is 0 Å². The fourth-order valence-electron chi connectivity index (χ4n) is 1.67. The fourth-order valence-corrected chi connectivity index (χ4v) is 1.67. The van der Waals surface area contributed by atoms with Crippen LogP contribution in [0.5, 0.6) is 5.75 Å². The summed E-state index contributed by atoms with van der Waals surface area (Å²) in [5.41, 5.74) is 5.12. The van der Waals surface area contributed by atoms with Gasteiger partial charge in [0.2, 0.25) is 5.91 Å². The van der Waals surface area contributed by atoms with Gasteiger partial charge in [0.25, 0.3) is 5.69 Å². The molecule has 1 rings (SSSR count). The third-order valence-electron chi connectivity index (χ3n) is 2.80. The number of aryl methyl sites for hydroxylation is 1. The van der Waals surface area contributed by atoms with Crippen LogP contribution in [0.1, 0.15) is 12.0 Å². The van der Waals surface area contributed by atoms with E-state index < -0.39 is 22.7 Å². The summed E-state index contributed by atoms with van der Waals surface area (Å²) in [5, 5.41) is 13.3. The van der Waals surface area contributed by atoms with Crippen LogP contribution < -0.4 is 15.8 Å². The zero-order chi connectivity index (χ0) is 15.3. The van der Waals surface area contributed by atoms with Crippen molar-refractivity contribution >= 4 is 11.6 Å². The topological polar surface area (TPSA) is 107 Å². The van der Waals surface area contributed by atoms with Crippen LogP contribution in [-0.2, 0) is 4.79 Å². The maximum absolute atomic E-state index is 13.6. The molecule has 7 nitrogen and oxygen atoms in total. The van der Waals surface area contributed by atoms with E-state index >= 15 is 0 Å². The summed E-state index contributed by atoms with van der Waals surface area (Å²) < 4.78 is 18.8. The number of hydrogen-bond acceptors (Lipinski definition) is 5. The molecule has 3 N–H and O–H groups in total. The number of benzene rings is 1. The van der Waals surface area contributed by atoms with Gasteiger partial charge >= 0.3 is 0 Å². The predicted octanol–water partition coefficient (Wildman–Crippen LogP) is 0.885. The lowest BCUT2D eigenvalue weighted by Crippen LogP contribution is -2.40. The summed E-state index contributed by atoms with van der Waals surface area (Å²) in [4.78, 5) is 20.9. The highest BCUT2D eigenvalue weighted by Gasteiger charge is 2.17. The summed E-state index contributed by atoms with van der Waals surface area (Å²) in [6.45, 7) is 1.55. The Hall–Kier alpha value is -2.22. The molecule has 1 unspecified atom stereocenters. The maximum Gasteiger partial charge on any atom is 0.275 e. The zero-order valence-corrected chi connectivity index (χ0v) is 11.2. The van der Waals surface area contributed by atoms with E-state index in [-0.39, 0.29) is 24.5 Å². The van der Waals surface area contributed by atoms with Gasteiger partial charge < -0.3 is 15.8 Å². The number of rotatable bonds is 7. The van der Waals surface area contributed by atoms with Crippen LogP contribution in [0.4, 0.5) is 10.1 Å². The SMILES string of the molecule is CNC(CCOc1cc(C)c([N+](=O)[O-])cc1F)C(N)=O. The summed E-state index contributed by atoms with van der Waals surface area (Å²) in [5.74, 6) is -1.44. The number of amides is 1. The third kappa shape index (κ3) is 3.89. The molecule has 0 saturated heterocycles. The molecule has 110 valence electrons. The molecule has 0 aliphatic heterocycles. The number of likely N-dealkylation sites (N-methyl/N-ethyl adjacent to an activating group) is 1. The van der Waals surface area contributed by atoms with Gasteiger partial charge in [-0.15, -0.1) is 0 Å². The predicted molar refractivity (Wildman–Crippen MR) is 69.9 cm³/mol. The van der Waals surface area contributed by atoms with E-state index in [1.165, 1.54) is 13.0 Å². The molecule has 0 aliphatic carbocycles. The van der Waals surface area contributed by atoms with Crippen molar-refractivity contribution in [2.75, 3.05) is 13.7 Å². The molecular formula is C12H16FN3O4. The second-order valence-corrected chi connectivity index (χ2v) is 4.21. The van der Waals surface area contributed by atoms with E-state index in [1.807, 2.05) is 0 Å². The lowest BCUT2D eigenvalue weighted by molar-refractivity contribution is -0.385. The maximum atomic E-state index is 13.6. The number of nitro groups is 1. The Kier molecular flexibility index (Phi) is 5.39. The Bertz CT molecular complexity index is 522. The van der Waals surface area contributed by atoms with Crippen LogP contribution in [0.15, 0.2) is 12.1 Å². The van der Waals surface area contributed by atoms with Gasteiger partial charge in [-0.3, -0.25) is 14.9 Å². The van der Waals surface area contributed by atoms with E-state index in [1.54, 1.807) is 7.05 Å². The number of carbonyl (C=O) groups excluding carboxylic acids is 1. The molecule has 0 spiro atoms. The van der Waals surface area contributed by atoms with Crippen LogP contribution in [0.3, 0.4) is 0 Å². The van der Waals surface area contributed by atoms with Crippen molar-refractivity contribution in [3.63, 3.8) is 0 Å². The van der Waals surface area contributed by atoms with Crippen LogP contribution in [0, 0.1) is 22.9 Å². The molecule has 0 aliphatic rings. The normalized spacial score (nSPS) is 11.9. The molecule has 0 saturated carbocycles. The Labute approximate surface area is 115 Å². The largest absolute Gasteiger partial charge is 0.490 e. The minimum atomic E-state index is -0.817. The average molecular weight is 285 g/mol. The number of carbonyl (C=O) groups is 1. The van der Waals surface area contributed by atoms with Crippen molar-refractivity contribution in [2.24, 2.45) is 5.73 Å². The van der Waals surface area contributed by atoms with E-state index in [0.717, 1.165) is 6.07 Å². The third-order valence-corrected chi connectivity index (χ3v) is 2.80. The molecule has 1 atom stereocenters. The number of nitro benzene ring substituents is 1. The second-order valence-electron chi connectivity index (χ2n) is 4.21. The van der Waals surface area contributed by atoms with E-state index in [9.17, 15) is 19.3 Å². The average Bonchev–Trinajstić information content (AvgIpc) is 2.37. The Morgan fingerprint density at radius 3 is 2.75 bits per heavy atom. The molecule has 0 fully saturated rings. The standard InChI is InChI=1S/C12H16FN3O4/c1-7-5-11(8(13)6-10(7)16(18)19)20-4-3-9(15-2)12(14)17/h5-6,9,15H,3-4H2,1-2H3,(H2,14,17). The first-order chi connectivity index (χ1) is 9.36. The summed E-state index contributed by atoms with van der Waals surface area (Å²) >= 11 is 0. The first kappa shape index (κ1) is 15.8. The van der Waals surface area contributed by atoms with Gasteiger partial charge in [0.1, 0.15) is 0 Å². The molecule has 1 aromatic carbocycles. The lowest BCUT2D eigenvalue weighted by atomic mass is 10.2. The summed E-state index contributed by atoms with van der Waals surface area (Å²) in [6, 6.07) is 1.50. The highest BCUT2D eigenvalue weighted by molar-refractivity contribution is 5.79. The highest BCUT2D eigenvalue weighted by Crippen LogP contribution is 2.27. The van der Waals surface area contributed by atoms with Gasteiger partial charge in [0, 0.05) is 12.0 Å². The number of nitrogens with one attached hydrogen (secondary N) is 1. The number of hydrogen-bond donors (Lipinski definition) is 2. The van der Waals surface area contributed by atoms with Crippen molar-refractivity contribution in [1.82, 2.24) is 5.32 Å². The van der Waals surface area contributed by atoms with E-state index in [0.29, 0.717) is 5.56 Å². The minimum absolute atomic E-state index is 0.0582. The highest BCUT2D eigenvalue weighted by atomic mass is 19.1. The quantitative estimate of drug-likeness (QED) is 0.571. The number of halogens is 1. The lowest BCUT2D eigenvalue weighted by Gasteiger charge is -2.13. The molecule has 0 bridgehead atoms. The van der Waals surface area contributed by atoms with Gasteiger partial charge in [-0.05, 0) is 20.0 Å². The van der Waals surface area contributed by atoms with Crippen molar-refractivity contribution in [3.8, 4) is 5.75 Å². The molecule has 0 aromatic heterocycles. The number of nitrogens with two attached hydrogens (primary N) is 1. The van der Waals surface area contributed by atoms with Crippen LogP contribution >= 0.6 is 0 Å². The molecule has 1 aromatic rings. The Morgan fingerprint density at radius 2 is 2.25 bits per heavy atom. The minimum Gasteiger partial charge on any atom is -0.490 e. The van der Waals surface area contributed by atoms with Crippen LogP contribution in [0.25, 0.3) is 0 Å². The Morgan fingerprint density at radius 1 is 1.60 bits per heavy atom. The molecule has 1 amide bonds. The number of ether oxygens (including phenoxy) is 1. The number of nitrogens with zero attached hydrogens (tertiary/aromatic N) is 1. The smallest absolute Gasteiger partial charge is 0.275 e. The van der Waals surface area contributed by atoms with Crippen molar-refractivity contribution in [1.29, 1.82) is 0 Å². The van der Waals surface area contributed by atoms with Gasteiger partial charge in [-0.25, -0.2) is 4.39 Å². The summed E-state index contributed by atoms with van der Waals surface area (Å²) in [6.07, 6.45) is 0.265. The van der Waals surface area contributed by atoms with Gasteiger partial charge in [0.05, 0.1) is 23.6 Å². The molecule has 20 heavy (non-hydrogen) atoms. The van der Waals surface area contributed by atoms with Gasteiger partial charge in [0.15, 0.2) is 11.6 Å². The first-order valence-electron chi connectivity index (χ1n) is 5.90. The van der Waals surface area contributed by atoms with E-state index in [4.69, 9.17) is 10.5 Å². The second kappa shape index (κ2) is 6.80. The van der Waals surface area contributed by atoms with Crippen molar-refractivity contribution in [3.05, 3.63) is 33.6 Å². The molecular weight excluding hydrogens is 269 g/mol. The first-order valence-corrected chi connectivity index (χ1v) is 5.90. The van der Waals surface area contributed by atoms with Crippen LogP contribution in [-0.4, -0.2) is 30.5 Å². The van der Waals surface area contributed by atoms with Crippen molar-refractivity contribution in [2.45, 2.75) is 19.4 Å². The van der Waals surface area contributed by atoms with Gasteiger partial charge in [-0.1, -0.05) is 0 Å². The molecule has 8 heteroatoms. The fraction of sp³-hybridized carbons (Fsp3) is 0.417. The molecule has 0 radical (unpaired) electrons. The van der Waals surface area contributed by atoms with E-state index in [2.05, 4.69) is 5.32 Å². The summed E-state index contributed by atoms with van der Waals surface area (Å²) in [7, 11) is 1.58. The monoisotopic (exact) mass is 285 g/mol. The zero-order valence-electron chi connectivity index (χ0n) is 11.2. The Balaban J connectivity index is 2.72. The molecule has 0 heterocycles. The number of primary amides is 1. The van der Waals surface area contributed by atoms with Crippen molar-refractivity contribution < 1.29 is 18.8 Å².